The van der Waals surface area contributed by atoms with Gasteiger partial charge in [0.25, 0.3) is 5.91 Å². The number of amides is 1. The number of nitrogens with two attached hydrogens (primary N) is 1. The minimum Gasteiger partial charge on any atom is -0.364 e. The zero-order valence-electron chi connectivity index (χ0n) is 12.9. The zero-order chi connectivity index (χ0) is 17.1. The molecule has 2 aromatic rings. The molecule has 0 saturated carbocycles. The molecule has 128 valence electrons. The van der Waals surface area contributed by atoms with E-state index in [0.717, 1.165) is 12.0 Å². The minimum atomic E-state index is -0.481. The minimum absolute atomic E-state index is 0.0485. The molecule has 0 spiro atoms. The summed E-state index contributed by atoms with van der Waals surface area (Å²) in [5.74, 6) is 0.369. The van der Waals surface area contributed by atoms with Gasteiger partial charge in [-0.05, 0) is 25.0 Å². The SMILES string of the molecule is NC[C@H]1CC[C@@H](C(=O)Nc2ccnn2Cc2c(Cl)cccc2Cl)O1. The number of aromatic nitrogens is 2. The van der Waals surface area contributed by atoms with Crippen LogP contribution in [0.1, 0.15) is 18.4 Å². The maximum absolute atomic E-state index is 12.3. The quantitative estimate of drug-likeness (QED) is 0.849. The van der Waals surface area contributed by atoms with Crippen LogP contribution in [-0.4, -0.2) is 34.4 Å². The summed E-state index contributed by atoms with van der Waals surface area (Å²) in [7, 11) is 0. The summed E-state index contributed by atoms with van der Waals surface area (Å²) < 4.78 is 7.25. The Morgan fingerprint density at radius 1 is 1.33 bits per heavy atom. The van der Waals surface area contributed by atoms with Crippen LogP contribution in [0.5, 0.6) is 0 Å². The summed E-state index contributed by atoms with van der Waals surface area (Å²) in [6, 6.07) is 7.04. The van der Waals surface area contributed by atoms with Gasteiger partial charge in [0.05, 0.1) is 18.8 Å². The van der Waals surface area contributed by atoms with Crippen molar-refractivity contribution in [2.24, 2.45) is 5.73 Å². The Morgan fingerprint density at radius 3 is 2.75 bits per heavy atom. The first-order valence-corrected chi connectivity index (χ1v) is 8.45. The van der Waals surface area contributed by atoms with E-state index in [0.29, 0.717) is 35.4 Å². The highest BCUT2D eigenvalue weighted by Gasteiger charge is 2.30. The van der Waals surface area contributed by atoms with E-state index in [9.17, 15) is 4.79 Å². The summed E-state index contributed by atoms with van der Waals surface area (Å²) in [5.41, 5.74) is 6.33. The molecule has 2 heterocycles. The highest BCUT2D eigenvalue weighted by molar-refractivity contribution is 6.35. The van der Waals surface area contributed by atoms with Crippen molar-refractivity contribution >= 4 is 34.9 Å². The normalized spacial score (nSPS) is 20.3. The summed E-state index contributed by atoms with van der Waals surface area (Å²) >= 11 is 12.4. The van der Waals surface area contributed by atoms with E-state index in [-0.39, 0.29) is 12.0 Å². The Hall–Kier alpha value is -1.60. The van der Waals surface area contributed by atoms with E-state index in [1.54, 1.807) is 35.1 Å². The van der Waals surface area contributed by atoms with E-state index >= 15 is 0 Å². The van der Waals surface area contributed by atoms with Crippen LogP contribution in [0.25, 0.3) is 0 Å². The third-order valence-corrected chi connectivity index (χ3v) is 4.71. The number of halogens is 2. The monoisotopic (exact) mass is 368 g/mol. The van der Waals surface area contributed by atoms with Crippen molar-refractivity contribution in [1.29, 1.82) is 0 Å². The lowest BCUT2D eigenvalue weighted by atomic mass is 10.2. The fourth-order valence-electron chi connectivity index (χ4n) is 2.68. The zero-order valence-corrected chi connectivity index (χ0v) is 14.4. The summed E-state index contributed by atoms with van der Waals surface area (Å²) in [5, 5.41) is 8.19. The first kappa shape index (κ1) is 17.2. The standard InChI is InChI=1S/C16H18Cl2N4O2/c17-12-2-1-3-13(18)11(12)9-22-15(6-7-20-22)21-16(23)14-5-4-10(8-19)24-14/h1-3,6-7,10,14H,4-5,8-9,19H2,(H,21,23)/t10-,14+/m1/s1. The highest BCUT2D eigenvalue weighted by Crippen LogP contribution is 2.26. The van der Waals surface area contributed by atoms with Gasteiger partial charge < -0.3 is 15.8 Å². The van der Waals surface area contributed by atoms with Gasteiger partial charge in [-0.3, -0.25) is 4.79 Å². The Balaban J connectivity index is 1.71. The van der Waals surface area contributed by atoms with Crippen LogP contribution in [0.15, 0.2) is 30.5 Å². The van der Waals surface area contributed by atoms with Crippen molar-refractivity contribution in [3.8, 4) is 0 Å². The smallest absolute Gasteiger partial charge is 0.254 e. The third-order valence-electron chi connectivity index (χ3n) is 4.00. The first-order valence-electron chi connectivity index (χ1n) is 7.69. The van der Waals surface area contributed by atoms with Crippen molar-refractivity contribution in [3.63, 3.8) is 0 Å². The molecule has 1 aromatic carbocycles. The van der Waals surface area contributed by atoms with Crippen LogP contribution in [0.4, 0.5) is 5.82 Å². The second kappa shape index (κ2) is 7.53. The maximum atomic E-state index is 12.3. The number of hydrogen-bond donors (Lipinski definition) is 2. The van der Waals surface area contributed by atoms with Crippen molar-refractivity contribution in [2.45, 2.75) is 31.6 Å². The first-order chi connectivity index (χ1) is 11.6. The molecule has 0 unspecified atom stereocenters. The van der Waals surface area contributed by atoms with Crippen molar-refractivity contribution in [3.05, 3.63) is 46.1 Å². The number of anilines is 1. The van der Waals surface area contributed by atoms with E-state index in [1.165, 1.54) is 0 Å². The molecule has 0 radical (unpaired) electrons. The molecule has 6 nitrogen and oxygen atoms in total. The van der Waals surface area contributed by atoms with Gasteiger partial charge >= 0.3 is 0 Å². The van der Waals surface area contributed by atoms with E-state index < -0.39 is 6.10 Å². The highest BCUT2D eigenvalue weighted by atomic mass is 35.5. The Kier molecular flexibility index (Phi) is 5.40. The lowest BCUT2D eigenvalue weighted by Gasteiger charge is -2.14. The van der Waals surface area contributed by atoms with Crippen LogP contribution in [0.3, 0.4) is 0 Å². The Morgan fingerprint density at radius 2 is 2.08 bits per heavy atom. The van der Waals surface area contributed by atoms with Gasteiger partial charge in [-0.25, -0.2) is 4.68 Å². The molecule has 1 amide bonds. The molecule has 8 heteroatoms. The van der Waals surface area contributed by atoms with Crippen LogP contribution in [0.2, 0.25) is 10.0 Å². The van der Waals surface area contributed by atoms with E-state index in [2.05, 4.69) is 10.4 Å². The fourth-order valence-corrected chi connectivity index (χ4v) is 3.19. The van der Waals surface area contributed by atoms with Crippen molar-refractivity contribution in [1.82, 2.24) is 9.78 Å². The van der Waals surface area contributed by atoms with Crippen LogP contribution >= 0.6 is 23.2 Å². The second-order valence-electron chi connectivity index (χ2n) is 5.62. The molecule has 3 rings (SSSR count). The molecule has 1 aromatic heterocycles. The number of carbonyl (C=O) groups excluding carboxylic acids is 1. The molecule has 2 atom stereocenters. The number of benzene rings is 1. The van der Waals surface area contributed by atoms with Crippen molar-refractivity contribution < 1.29 is 9.53 Å². The average molecular weight is 369 g/mol. The Bertz CT molecular complexity index is 714. The molecule has 1 fully saturated rings. The average Bonchev–Trinajstić information content (AvgIpc) is 3.20. The lowest BCUT2D eigenvalue weighted by Crippen LogP contribution is -2.30. The molecule has 1 aliphatic heterocycles. The topological polar surface area (TPSA) is 82.2 Å². The largest absolute Gasteiger partial charge is 0.364 e. The molecule has 0 aliphatic carbocycles. The molecule has 0 bridgehead atoms. The molecule has 1 saturated heterocycles. The summed E-state index contributed by atoms with van der Waals surface area (Å²) in [4.78, 5) is 12.3. The van der Waals surface area contributed by atoms with Crippen LogP contribution in [-0.2, 0) is 16.1 Å². The summed E-state index contributed by atoms with van der Waals surface area (Å²) in [6.07, 6.45) is 2.54. The van der Waals surface area contributed by atoms with Gasteiger partial charge in [-0.2, -0.15) is 5.10 Å². The molecular formula is C16H18Cl2N4O2. The molecule has 3 N–H and O–H groups in total. The van der Waals surface area contributed by atoms with Crippen LogP contribution in [0, 0.1) is 0 Å². The van der Waals surface area contributed by atoms with Gasteiger partial charge in [-0.15, -0.1) is 0 Å². The number of ether oxygens (including phenoxy) is 1. The predicted molar refractivity (Wildman–Crippen MR) is 93.4 cm³/mol. The summed E-state index contributed by atoms with van der Waals surface area (Å²) in [6.45, 7) is 0.783. The van der Waals surface area contributed by atoms with Gasteiger partial charge in [0, 0.05) is 28.2 Å². The molecular weight excluding hydrogens is 351 g/mol. The number of hydrogen-bond acceptors (Lipinski definition) is 4. The van der Waals surface area contributed by atoms with Crippen molar-refractivity contribution in [2.75, 3.05) is 11.9 Å². The van der Waals surface area contributed by atoms with Gasteiger partial charge in [0.2, 0.25) is 0 Å². The Labute approximate surface area is 149 Å². The second-order valence-corrected chi connectivity index (χ2v) is 6.44. The number of nitrogens with one attached hydrogen (secondary N) is 1. The maximum Gasteiger partial charge on any atom is 0.254 e. The number of rotatable bonds is 5. The van der Waals surface area contributed by atoms with Gasteiger partial charge in [-0.1, -0.05) is 29.3 Å². The molecule has 24 heavy (non-hydrogen) atoms. The van der Waals surface area contributed by atoms with E-state index in [1.807, 2.05) is 0 Å². The fraction of sp³-hybridized carbons (Fsp3) is 0.375. The predicted octanol–water partition coefficient (Wildman–Crippen LogP) is 2.68. The van der Waals surface area contributed by atoms with Crippen LogP contribution < -0.4 is 11.1 Å². The van der Waals surface area contributed by atoms with E-state index in [4.69, 9.17) is 33.7 Å². The third kappa shape index (κ3) is 3.72. The lowest BCUT2D eigenvalue weighted by molar-refractivity contribution is -0.126. The van der Waals surface area contributed by atoms with Gasteiger partial charge in [0.1, 0.15) is 11.9 Å². The molecule has 1 aliphatic rings. The van der Waals surface area contributed by atoms with Gasteiger partial charge in [0.15, 0.2) is 0 Å². The number of nitrogens with zero attached hydrogens (tertiary/aromatic N) is 2. The number of carbonyl (C=O) groups is 1.